The van der Waals surface area contributed by atoms with Crippen LogP contribution in [-0.2, 0) is 4.74 Å². The minimum absolute atomic E-state index is 0.174. The van der Waals surface area contributed by atoms with Crippen LogP contribution in [0.25, 0.3) is 0 Å². The Morgan fingerprint density at radius 1 is 1.21 bits per heavy atom. The van der Waals surface area contributed by atoms with Crippen molar-refractivity contribution < 1.29 is 22.6 Å². The predicted octanol–water partition coefficient (Wildman–Crippen LogP) is 2.89. The number of benzene rings is 1. The molecule has 0 fully saturated rings. The highest BCUT2D eigenvalue weighted by Gasteiger charge is 2.27. The number of rotatable bonds is 5. The largest absolute Gasteiger partial charge is 0.496 e. The molecule has 1 atom stereocenters. The van der Waals surface area contributed by atoms with E-state index in [1.807, 2.05) is 26.0 Å². The SMILES string of the molecule is COc1cc(C)c(C(N)COCC(F)(F)F)cc1C. The van der Waals surface area contributed by atoms with E-state index in [1.165, 1.54) is 0 Å². The van der Waals surface area contributed by atoms with Gasteiger partial charge in [0.05, 0.1) is 19.8 Å². The fourth-order valence-corrected chi connectivity index (χ4v) is 1.82. The van der Waals surface area contributed by atoms with Gasteiger partial charge in [-0.15, -0.1) is 0 Å². The molecule has 1 unspecified atom stereocenters. The van der Waals surface area contributed by atoms with Gasteiger partial charge >= 0.3 is 6.18 Å². The third-order valence-electron chi connectivity index (χ3n) is 2.75. The molecule has 2 N–H and O–H groups in total. The summed E-state index contributed by atoms with van der Waals surface area (Å²) >= 11 is 0. The zero-order chi connectivity index (χ0) is 14.6. The molecular weight excluding hydrogens is 259 g/mol. The highest BCUT2D eigenvalue weighted by Crippen LogP contribution is 2.26. The van der Waals surface area contributed by atoms with Crippen molar-refractivity contribution in [2.45, 2.75) is 26.1 Å². The third-order valence-corrected chi connectivity index (χ3v) is 2.75. The fraction of sp³-hybridized carbons (Fsp3) is 0.538. The van der Waals surface area contributed by atoms with Crippen molar-refractivity contribution >= 4 is 0 Å². The first-order chi connectivity index (χ1) is 8.74. The molecule has 0 radical (unpaired) electrons. The van der Waals surface area contributed by atoms with Crippen LogP contribution in [0.4, 0.5) is 13.2 Å². The maximum Gasteiger partial charge on any atom is 0.411 e. The summed E-state index contributed by atoms with van der Waals surface area (Å²) in [7, 11) is 1.56. The first-order valence-electron chi connectivity index (χ1n) is 5.80. The van der Waals surface area contributed by atoms with Gasteiger partial charge in [0.1, 0.15) is 12.4 Å². The number of hydrogen-bond donors (Lipinski definition) is 1. The van der Waals surface area contributed by atoms with Gasteiger partial charge in [0, 0.05) is 0 Å². The summed E-state index contributed by atoms with van der Waals surface area (Å²) in [4.78, 5) is 0. The quantitative estimate of drug-likeness (QED) is 0.900. The lowest BCUT2D eigenvalue weighted by molar-refractivity contribution is -0.174. The van der Waals surface area contributed by atoms with E-state index in [9.17, 15) is 13.2 Å². The van der Waals surface area contributed by atoms with Gasteiger partial charge in [0.25, 0.3) is 0 Å². The lowest BCUT2D eigenvalue weighted by Gasteiger charge is -2.18. The van der Waals surface area contributed by atoms with Crippen molar-refractivity contribution in [3.05, 3.63) is 28.8 Å². The summed E-state index contributed by atoms with van der Waals surface area (Å²) in [6, 6.07) is 3.04. The molecule has 0 saturated carbocycles. The molecule has 1 rings (SSSR count). The van der Waals surface area contributed by atoms with Crippen molar-refractivity contribution in [3.8, 4) is 5.75 Å². The average molecular weight is 277 g/mol. The second-order valence-electron chi connectivity index (χ2n) is 4.42. The van der Waals surface area contributed by atoms with Crippen LogP contribution in [0.1, 0.15) is 22.7 Å². The first-order valence-corrected chi connectivity index (χ1v) is 5.80. The zero-order valence-corrected chi connectivity index (χ0v) is 11.2. The molecule has 0 bridgehead atoms. The van der Waals surface area contributed by atoms with E-state index in [-0.39, 0.29) is 6.61 Å². The van der Waals surface area contributed by atoms with Crippen molar-refractivity contribution in [1.29, 1.82) is 0 Å². The molecule has 1 aromatic carbocycles. The molecule has 0 spiro atoms. The third kappa shape index (κ3) is 4.72. The smallest absolute Gasteiger partial charge is 0.411 e. The molecule has 0 aromatic heterocycles. The van der Waals surface area contributed by atoms with Crippen LogP contribution in [0.3, 0.4) is 0 Å². The van der Waals surface area contributed by atoms with Crippen LogP contribution in [0, 0.1) is 13.8 Å². The zero-order valence-electron chi connectivity index (χ0n) is 11.2. The summed E-state index contributed by atoms with van der Waals surface area (Å²) in [6.07, 6.45) is -4.33. The minimum Gasteiger partial charge on any atom is -0.496 e. The van der Waals surface area contributed by atoms with Crippen molar-refractivity contribution in [3.63, 3.8) is 0 Å². The summed E-state index contributed by atoms with van der Waals surface area (Å²) < 4.78 is 45.7. The summed E-state index contributed by atoms with van der Waals surface area (Å²) in [5, 5.41) is 0. The topological polar surface area (TPSA) is 44.5 Å². The van der Waals surface area contributed by atoms with Crippen molar-refractivity contribution in [2.24, 2.45) is 5.73 Å². The summed E-state index contributed by atoms with van der Waals surface area (Å²) in [5.41, 5.74) is 8.37. The van der Waals surface area contributed by atoms with Crippen LogP contribution < -0.4 is 10.5 Å². The average Bonchev–Trinajstić information content (AvgIpc) is 2.29. The van der Waals surface area contributed by atoms with Gasteiger partial charge in [-0.25, -0.2) is 0 Å². The molecular formula is C13H18F3NO2. The van der Waals surface area contributed by atoms with E-state index in [1.54, 1.807) is 7.11 Å². The molecule has 108 valence electrons. The van der Waals surface area contributed by atoms with E-state index in [0.29, 0.717) is 0 Å². The first kappa shape index (κ1) is 15.8. The van der Waals surface area contributed by atoms with E-state index >= 15 is 0 Å². The summed E-state index contributed by atoms with van der Waals surface area (Å²) in [6.45, 7) is 2.23. The molecule has 0 aliphatic heterocycles. The number of methoxy groups -OCH3 is 1. The fourth-order valence-electron chi connectivity index (χ4n) is 1.82. The second kappa shape index (κ2) is 6.25. The van der Waals surface area contributed by atoms with Gasteiger partial charge in [-0.05, 0) is 36.6 Å². The molecule has 1 aromatic rings. The Morgan fingerprint density at radius 2 is 1.84 bits per heavy atom. The van der Waals surface area contributed by atoms with Crippen LogP contribution in [-0.4, -0.2) is 26.5 Å². The number of nitrogens with two attached hydrogens (primary N) is 1. The van der Waals surface area contributed by atoms with Gasteiger partial charge in [0.15, 0.2) is 0 Å². The van der Waals surface area contributed by atoms with Crippen LogP contribution >= 0.6 is 0 Å². The maximum absolute atomic E-state index is 12.0. The summed E-state index contributed by atoms with van der Waals surface area (Å²) in [5.74, 6) is 0.727. The molecule has 0 amide bonds. The number of halogens is 3. The Kier molecular flexibility index (Phi) is 5.20. The lowest BCUT2D eigenvalue weighted by atomic mass is 9.99. The molecule has 19 heavy (non-hydrogen) atoms. The predicted molar refractivity (Wildman–Crippen MR) is 66.3 cm³/mol. The van der Waals surface area contributed by atoms with Gasteiger partial charge in [-0.3, -0.25) is 0 Å². The van der Waals surface area contributed by atoms with Gasteiger partial charge in [-0.2, -0.15) is 13.2 Å². The molecule has 0 saturated heterocycles. The van der Waals surface area contributed by atoms with E-state index in [2.05, 4.69) is 4.74 Å². The van der Waals surface area contributed by atoms with Crippen LogP contribution in [0.5, 0.6) is 5.75 Å². The monoisotopic (exact) mass is 277 g/mol. The number of hydrogen-bond acceptors (Lipinski definition) is 3. The molecule has 3 nitrogen and oxygen atoms in total. The Balaban J connectivity index is 2.72. The normalized spacial score (nSPS) is 13.4. The van der Waals surface area contributed by atoms with E-state index in [4.69, 9.17) is 10.5 Å². The molecule has 0 heterocycles. The van der Waals surface area contributed by atoms with Crippen molar-refractivity contribution in [2.75, 3.05) is 20.3 Å². The molecule has 0 aliphatic rings. The van der Waals surface area contributed by atoms with Gasteiger partial charge < -0.3 is 15.2 Å². The Labute approximate surface area is 110 Å². The van der Waals surface area contributed by atoms with E-state index in [0.717, 1.165) is 22.4 Å². The number of alkyl halides is 3. The van der Waals surface area contributed by atoms with Crippen LogP contribution in [0.15, 0.2) is 12.1 Å². The lowest BCUT2D eigenvalue weighted by Crippen LogP contribution is -2.23. The Bertz CT molecular complexity index is 433. The Morgan fingerprint density at radius 3 is 2.37 bits per heavy atom. The van der Waals surface area contributed by atoms with Gasteiger partial charge in [-0.1, -0.05) is 6.07 Å². The second-order valence-corrected chi connectivity index (χ2v) is 4.42. The standard InChI is InChI=1S/C13H18F3NO2/c1-8-5-12(18-3)9(2)4-10(8)11(17)6-19-7-13(14,15)16/h4-5,11H,6-7,17H2,1-3H3. The Hall–Kier alpha value is -1.27. The highest BCUT2D eigenvalue weighted by atomic mass is 19.4. The maximum atomic E-state index is 12.0. The minimum atomic E-state index is -4.33. The van der Waals surface area contributed by atoms with Crippen molar-refractivity contribution in [1.82, 2.24) is 0 Å². The molecule has 0 aliphatic carbocycles. The van der Waals surface area contributed by atoms with Crippen LogP contribution in [0.2, 0.25) is 0 Å². The number of aryl methyl sites for hydroxylation is 2. The van der Waals surface area contributed by atoms with Gasteiger partial charge in [0.2, 0.25) is 0 Å². The molecule has 6 heteroatoms. The number of ether oxygens (including phenoxy) is 2. The highest BCUT2D eigenvalue weighted by molar-refractivity contribution is 5.42. The van der Waals surface area contributed by atoms with E-state index < -0.39 is 18.8 Å².